The molecule has 0 unspecified atom stereocenters. The van der Waals surface area contributed by atoms with Crippen LogP contribution in [0.3, 0.4) is 0 Å². The Balaban J connectivity index is 1.30. The number of hydrogen-bond acceptors (Lipinski definition) is 8. The van der Waals surface area contributed by atoms with Crippen molar-refractivity contribution >= 4 is 17.7 Å². The highest BCUT2D eigenvalue weighted by atomic mass is 19.4. The number of carbonyl (C=O) groups is 1. The maximum atomic E-state index is 14.1. The van der Waals surface area contributed by atoms with Crippen molar-refractivity contribution in [3.05, 3.63) is 39.9 Å². The molecule has 39 heavy (non-hydrogen) atoms. The number of amides is 1. The summed E-state index contributed by atoms with van der Waals surface area (Å²) in [4.78, 5) is 35.3. The summed E-state index contributed by atoms with van der Waals surface area (Å²) in [7, 11) is 0. The lowest BCUT2D eigenvalue weighted by Crippen LogP contribution is -2.50. The van der Waals surface area contributed by atoms with Crippen LogP contribution in [0.5, 0.6) is 0 Å². The van der Waals surface area contributed by atoms with Gasteiger partial charge in [-0.25, -0.2) is 23.8 Å². The fourth-order valence-corrected chi connectivity index (χ4v) is 4.23. The second-order valence-corrected chi connectivity index (χ2v) is 8.96. The van der Waals surface area contributed by atoms with Gasteiger partial charge in [0.25, 0.3) is 11.5 Å². The van der Waals surface area contributed by atoms with Gasteiger partial charge >= 0.3 is 12.4 Å². The number of nitrogens with zero attached hydrogens (tertiary/aromatic N) is 6. The molecule has 2 aliphatic rings. The van der Waals surface area contributed by atoms with Crippen molar-refractivity contribution in [2.45, 2.75) is 30.7 Å². The van der Waals surface area contributed by atoms with Crippen LogP contribution in [0, 0.1) is 0 Å². The molecule has 0 aliphatic carbocycles. The number of piperazine rings is 1. The zero-order valence-corrected chi connectivity index (χ0v) is 19.9. The summed E-state index contributed by atoms with van der Waals surface area (Å²) in [5, 5.41) is 5.13. The number of rotatable bonds is 6. The van der Waals surface area contributed by atoms with Crippen LogP contribution < -0.4 is 15.4 Å². The molecule has 214 valence electrons. The van der Waals surface area contributed by atoms with Crippen LogP contribution >= 0.6 is 0 Å². The molecule has 2 aromatic heterocycles. The number of carbonyl (C=O) groups excluding carboxylic acids is 1. The summed E-state index contributed by atoms with van der Waals surface area (Å²) in [6.07, 6.45) is -9.03. The van der Waals surface area contributed by atoms with E-state index in [-0.39, 0.29) is 32.1 Å². The van der Waals surface area contributed by atoms with Gasteiger partial charge in [0.2, 0.25) is 11.9 Å². The number of aromatic nitrogens is 4. The normalized spacial score (nSPS) is 20.0. The van der Waals surface area contributed by atoms with Gasteiger partial charge in [0, 0.05) is 51.1 Å². The third-order valence-electron chi connectivity index (χ3n) is 6.18. The number of aromatic amines is 1. The lowest BCUT2D eigenvalue weighted by Gasteiger charge is -2.34. The summed E-state index contributed by atoms with van der Waals surface area (Å²) >= 11 is 0. The molecule has 0 radical (unpaired) electrons. The molecular formula is C21H21F8N7O3. The van der Waals surface area contributed by atoms with Crippen molar-refractivity contribution < 1.29 is 44.7 Å². The largest absolute Gasteiger partial charge is 0.421 e. The minimum atomic E-state index is -5.02. The van der Waals surface area contributed by atoms with Crippen molar-refractivity contribution in [1.82, 2.24) is 25.1 Å². The van der Waals surface area contributed by atoms with Gasteiger partial charge in [-0.3, -0.25) is 9.59 Å². The highest BCUT2D eigenvalue weighted by molar-refractivity contribution is 5.77. The van der Waals surface area contributed by atoms with Crippen LogP contribution in [0.15, 0.2) is 23.3 Å². The van der Waals surface area contributed by atoms with Gasteiger partial charge in [-0.1, -0.05) is 0 Å². The predicted octanol–water partition coefficient (Wildman–Crippen LogP) is 2.18. The molecule has 2 saturated heterocycles. The quantitative estimate of drug-likeness (QED) is 0.526. The van der Waals surface area contributed by atoms with Crippen molar-refractivity contribution in [3.8, 4) is 0 Å². The van der Waals surface area contributed by atoms with Gasteiger partial charge in [-0.15, -0.1) is 0 Å². The van der Waals surface area contributed by atoms with Crippen molar-refractivity contribution in [2.24, 2.45) is 0 Å². The lowest BCUT2D eigenvalue weighted by molar-refractivity contribution is -0.139. The van der Waals surface area contributed by atoms with E-state index in [1.807, 2.05) is 0 Å². The molecule has 0 spiro atoms. The van der Waals surface area contributed by atoms with Crippen LogP contribution in [0.2, 0.25) is 0 Å². The molecule has 18 heteroatoms. The average molecular weight is 571 g/mol. The summed E-state index contributed by atoms with van der Waals surface area (Å²) in [5.74, 6) is -4.20. The van der Waals surface area contributed by atoms with E-state index < -0.39 is 78.9 Å². The van der Waals surface area contributed by atoms with Crippen LogP contribution in [0.4, 0.5) is 46.9 Å². The van der Waals surface area contributed by atoms with E-state index in [9.17, 15) is 44.7 Å². The number of H-pyrrole nitrogens is 1. The van der Waals surface area contributed by atoms with Crippen molar-refractivity contribution in [1.29, 1.82) is 0 Å². The second-order valence-electron chi connectivity index (χ2n) is 8.96. The van der Waals surface area contributed by atoms with Gasteiger partial charge < -0.3 is 19.4 Å². The van der Waals surface area contributed by atoms with Crippen LogP contribution in [-0.2, 0) is 21.9 Å². The maximum absolute atomic E-state index is 14.1. The zero-order chi connectivity index (χ0) is 28.6. The molecular weight excluding hydrogens is 550 g/mol. The molecule has 0 saturated carbocycles. The highest BCUT2D eigenvalue weighted by Gasteiger charge is 2.46. The first-order chi connectivity index (χ1) is 18.1. The number of alkyl halides is 8. The van der Waals surface area contributed by atoms with Crippen LogP contribution in [-0.4, -0.2) is 88.9 Å². The first kappa shape index (κ1) is 28.4. The number of hydrogen-bond donors (Lipinski definition) is 1. The Bertz CT molecular complexity index is 1230. The Morgan fingerprint density at radius 3 is 2.28 bits per heavy atom. The summed E-state index contributed by atoms with van der Waals surface area (Å²) in [6, 6.07) is -0.737. The van der Waals surface area contributed by atoms with Gasteiger partial charge in [-0.05, 0) is 0 Å². The standard InChI is InChI=1S/C21H21F8N7O3/c22-19(23)6-13(36(11-19)15-5-14(21(27,28)29)17(38)33-32-15)9-39-10-16(37)34-1-3-35(4-2-34)18-30-7-12(8-31-18)20(24,25)26/h5,7-8,13H,1-4,6,9-11H2,(H,33,38)/t13-/m0/s1. The molecule has 10 nitrogen and oxygen atoms in total. The predicted molar refractivity (Wildman–Crippen MR) is 117 cm³/mol. The van der Waals surface area contributed by atoms with Gasteiger partial charge in [-0.2, -0.15) is 31.4 Å². The summed E-state index contributed by atoms with van der Waals surface area (Å²) in [5.41, 5.74) is -4.09. The van der Waals surface area contributed by atoms with Gasteiger partial charge in [0.15, 0.2) is 0 Å². The molecule has 1 amide bonds. The van der Waals surface area contributed by atoms with Crippen molar-refractivity contribution in [2.75, 3.05) is 55.7 Å². The molecule has 2 aliphatic heterocycles. The van der Waals surface area contributed by atoms with E-state index in [4.69, 9.17) is 4.74 Å². The summed E-state index contributed by atoms with van der Waals surface area (Å²) < 4.78 is 111. The van der Waals surface area contributed by atoms with Crippen LogP contribution in [0.1, 0.15) is 17.5 Å². The minimum absolute atomic E-state index is 0.0677. The third kappa shape index (κ3) is 6.72. The zero-order valence-electron chi connectivity index (χ0n) is 19.9. The number of ether oxygens (including phenoxy) is 1. The van der Waals surface area contributed by atoms with E-state index in [0.29, 0.717) is 18.5 Å². The molecule has 4 heterocycles. The average Bonchev–Trinajstić information content (AvgIpc) is 3.17. The van der Waals surface area contributed by atoms with E-state index in [1.165, 1.54) is 4.90 Å². The SMILES string of the molecule is O=C(COC[C@@H]1CC(F)(F)CN1c1cc(C(F)(F)F)c(=O)[nH]n1)N1CCN(c2ncc(C(F)(F)F)cn2)CC1. The number of nitrogens with one attached hydrogen (secondary N) is 1. The second kappa shape index (κ2) is 10.5. The van der Waals surface area contributed by atoms with Gasteiger partial charge in [0.1, 0.15) is 18.0 Å². The van der Waals surface area contributed by atoms with E-state index in [1.54, 1.807) is 10.00 Å². The molecule has 1 atom stereocenters. The first-order valence-electron chi connectivity index (χ1n) is 11.5. The minimum Gasteiger partial charge on any atom is -0.369 e. The fourth-order valence-electron chi connectivity index (χ4n) is 4.23. The molecule has 1 N–H and O–H groups in total. The monoisotopic (exact) mass is 571 g/mol. The van der Waals surface area contributed by atoms with Gasteiger partial charge in [0.05, 0.1) is 24.8 Å². The molecule has 0 aromatic carbocycles. The summed E-state index contributed by atoms with van der Waals surface area (Å²) in [6.45, 7) is -1.11. The Labute approximate surface area is 214 Å². The smallest absolute Gasteiger partial charge is 0.369 e. The van der Waals surface area contributed by atoms with E-state index in [0.717, 1.165) is 4.90 Å². The third-order valence-corrected chi connectivity index (χ3v) is 6.18. The van der Waals surface area contributed by atoms with Crippen molar-refractivity contribution in [3.63, 3.8) is 0 Å². The van der Waals surface area contributed by atoms with Crippen LogP contribution in [0.25, 0.3) is 0 Å². The van der Waals surface area contributed by atoms with E-state index in [2.05, 4.69) is 15.1 Å². The fraction of sp³-hybridized carbons (Fsp3) is 0.571. The Morgan fingerprint density at radius 2 is 1.69 bits per heavy atom. The van der Waals surface area contributed by atoms with E-state index >= 15 is 0 Å². The Morgan fingerprint density at radius 1 is 1.05 bits per heavy atom. The Kier molecular flexibility index (Phi) is 7.68. The molecule has 2 fully saturated rings. The number of halogens is 8. The lowest BCUT2D eigenvalue weighted by atomic mass is 10.2. The molecule has 0 bridgehead atoms. The highest BCUT2D eigenvalue weighted by Crippen LogP contribution is 2.36. The maximum Gasteiger partial charge on any atom is 0.421 e. The topological polar surface area (TPSA) is 108 Å². The molecule has 2 aromatic rings. The first-order valence-corrected chi connectivity index (χ1v) is 11.5. The molecule has 4 rings (SSSR count). The number of anilines is 2. The Hall–Kier alpha value is -3.57.